The summed E-state index contributed by atoms with van der Waals surface area (Å²) in [5.41, 5.74) is 6.01. The Hall–Kier alpha value is -2.48. The Balaban J connectivity index is 1.79. The summed E-state index contributed by atoms with van der Waals surface area (Å²) in [6.45, 7) is 3.92. The number of anilines is 1. The molecule has 2 aromatic heterocycles. The van der Waals surface area contributed by atoms with E-state index in [1.807, 2.05) is 13.8 Å². The second kappa shape index (κ2) is 5.72. The third-order valence-electron chi connectivity index (χ3n) is 2.81. The summed E-state index contributed by atoms with van der Waals surface area (Å²) < 4.78 is 24.4. The lowest BCUT2D eigenvalue weighted by atomic mass is 10.2. The van der Waals surface area contributed by atoms with Crippen molar-refractivity contribution in [1.29, 1.82) is 0 Å². The summed E-state index contributed by atoms with van der Waals surface area (Å²) in [6.07, 6.45) is 0. The van der Waals surface area contributed by atoms with Crippen LogP contribution in [0.2, 0.25) is 0 Å². The molecule has 0 aliphatic carbocycles. The SMILES string of the molecule is CC(C)c1nnc(-c2csc(Oc3ccc(N)c(F)c3)n2)o1. The smallest absolute Gasteiger partial charge is 0.279 e. The average Bonchev–Trinajstić information content (AvgIpc) is 3.11. The van der Waals surface area contributed by atoms with Crippen LogP contribution in [0.4, 0.5) is 10.1 Å². The van der Waals surface area contributed by atoms with E-state index in [9.17, 15) is 4.39 Å². The fraction of sp³-hybridized carbons (Fsp3) is 0.214. The van der Waals surface area contributed by atoms with Gasteiger partial charge in [-0.1, -0.05) is 25.2 Å². The first-order valence-corrected chi connectivity index (χ1v) is 7.43. The van der Waals surface area contributed by atoms with Crippen molar-refractivity contribution >= 4 is 17.0 Å². The molecule has 2 N–H and O–H groups in total. The van der Waals surface area contributed by atoms with E-state index in [1.54, 1.807) is 11.4 Å². The molecule has 1 aromatic carbocycles. The topological polar surface area (TPSA) is 87.1 Å². The number of aromatic nitrogens is 3. The summed E-state index contributed by atoms with van der Waals surface area (Å²) >= 11 is 1.25. The maximum Gasteiger partial charge on any atom is 0.279 e. The van der Waals surface area contributed by atoms with Crippen molar-refractivity contribution in [2.75, 3.05) is 5.73 Å². The number of thiazole rings is 1. The Labute approximate surface area is 129 Å². The van der Waals surface area contributed by atoms with E-state index >= 15 is 0 Å². The molecule has 0 saturated carbocycles. The van der Waals surface area contributed by atoms with Crippen molar-refractivity contribution in [3.63, 3.8) is 0 Å². The molecule has 0 amide bonds. The summed E-state index contributed by atoms with van der Waals surface area (Å²) in [4.78, 5) is 4.25. The number of nitrogen functional groups attached to an aromatic ring is 1. The molecule has 0 radical (unpaired) electrons. The maximum absolute atomic E-state index is 13.4. The van der Waals surface area contributed by atoms with Gasteiger partial charge in [0.15, 0.2) is 0 Å². The fourth-order valence-electron chi connectivity index (χ4n) is 1.65. The van der Waals surface area contributed by atoms with Gasteiger partial charge in [0.1, 0.15) is 17.3 Å². The van der Waals surface area contributed by atoms with Crippen LogP contribution in [0, 0.1) is 5.82 Å². The zero-order valence-electron chi connectivity index (χ0n) is 11.9. The minimum Gasteiger partial charge on any atom is -0.431 e. The molecule has 0 fully saturated rings. The third kappa shape index (κ3) is 2.91. The summed E-state index contributed by atoms with van der Waals surface area (Å²) in [7, 11) is 0. The highest BCUT2D eigenvalue weighted by molar-refractivity contribution is 7.11. The largest absolute Gasteiger partial charge is 0.431 e. The average molecular weight is 320 g/mol. The van der Waals surface area contributed by atoms with Crippen LogP contribution in [0.5, 0.6) is 10.9 Å². The number of ether oxygens (including phenoxy) is 1. The van der Waals surface area contributed by atoms with Crippen LogP contribution in [-0.2, 0) is 0 Å². The number of benzene rings is 1. The lowest BCUT2D eigenvalue weighted by molar-refractivity contribution is 0.468. The van der Waals surface area contributed by atoms with Crippen molar-refractivity contribution in [2.45, 2.75) is 19.8 Å². The monoisotopic (exact) mass is 320 g/mol. The number of hydrogen-bond acceptors (Lipinski definition) is 7. The molecule has 0 saturated heterocycles. The van der Waals surface area contributed by atoms with Crippen molar-refractivity contribution in [3.8, 4) is 22.5 Å². The summed E-state index contributed by atoms with van der Waals surface area (Å²) in [6, 6.07) is 4.22. The van der Waals surface area contributed by atoms with Gasteiger partial charge in [0.05, 0.1) is 5.69 Å². The van der Waals surface area contributed by atoms with Gasteiger partial charge in [-0.25, -0.2) is 4.39 Å². The highest BCUT2D eigenvalue weighted by atomic mass is 32.1. The van der Waals surface area contributed by atoms with Gasteiger partial charge in [0.25, 0.3) is 11.1 Å². The summed E-state index contributed by atoms with van der Waals surface area (Å²) in [5.74, 6) is 0.812. The molecule has 3 rings (SSSR count). The van der Waals surface area contributed by atoms with E-state index in [4.69, 9.17) is 14.9 Å². The van der Waals surface area contributed by atoms with Crippen LogP contribution in [0.25, 0.3) is 11.6 Å². The van der Waals surface area contributed by atoms with Crippen LogP contribution in [0.1, 0.15) is 25.7 Å². The fourth-order valence-corrected chi connectivity index (χ4v) is 2.31. The zero-order valence-corrected chi connectivity index (χ0v) is 12.7. The van der Waals surface area contributed by atoms with Gasteiger partial charge in [-0.05, 0) is 12.1 Å². The van der Waals surface area contributed by atoms with Crippen LogP contribution in [0.3, 0.4) is 0 Å². The Morgan fingerprint density at radius 1 is 1.32 bits per heavy atom. The van der Waals surface area contributed by atoms with Crippen molar-refractivity contribution < 1.29 is 13.5 Å². The van der Waals surface area contributed by atoms with E-state index in [-0.39, 0.29) is 11.6 Å². The second-order valence-electron chi connectivity index (χ2n) is 4.88. The quantitative estimate of drug-likeness (QED) is 0.735. The molecule has 0 bridgehead atoms. The zero-order chi connectivity index (χ0) is 15.7. The van der Waals surface area contributed by atoms with E-state index in [1.165, 1.54) is 23.5 Å². The van der Waals surface area contributed by atoms with Crippen molar-refractivity contribution in [1.82, 2.24) is 15.2 Å². The standard InChI is InChI=1S/C14H13FN4O2S/c1-7(2)12-18-19-13(21-12)11-6-22-14(17-11)20-8-3-4-10(16)9(15)5-8/h3-7H,16H2,1-2H3. The molecule has 0 aliphatic heterocycles. The number of halogens is 1. The van der Waals surface area contributed by atoms with Crippen LogP contribution in [0.15, 0.2) is 28.0 Å². The maximum atomic E-state index is 13.4. The van der Waals surface area contributed by atoms with Gasteiger partial charge in [0, 0.05) is 17.4 Å². The first-order chi connectivity index (χ1) is 10.5. The molecule has 22 heavy (non-hydrogen) atoms. The molecule has 3 aromatic rings. The summed E-state index contributed by atoms with van der Waals surface area (Å²) in [5, 5.41) is 9.99. The van der Waals surface area contributed by atoms with Gasteiger partial charge in [-0.3, -0.25) is 0 Å². The predicted octanol–water partition coefficient (Wildman–Crippen LogP) is 3.83. The minimum atomic E-state index is -0.534. The molecular weight excluding hydrogens is 307 g/mol. The molecule has 114 valence electrons. The highest BCUT2D eigenvalue weighted by Gasteiger charge is 2.15. The first kappa shape index (κ1) is 14.5. The molecular formula is C14H13FN4O2S. The Kier molecular flexibility index (Phi) is 3.76. The lowest BCUT2D eigenvalue weighted by Gasteiger charge is -2.02. The minimum absolute atomic E-state index is 0.0688. The first-order valence-electron chi connectivity index (χ1n) is 6.55. The second-order valence-corrected chi connectivity index (χ2v) is 5.70. The van der Waals surface area contributed by atoms with Crippen LogP contribution < -0.4 is 10.5 Å². The van der Waals surface area contributed by atoms with Crippen LogP contribution in [-0.4, -0.2) is 15.2 Å². The lowest BCUT2D eigenvalue weighted by Crippen LogP contribution is -1.91. The van der Waals surface area contributed by atoms with Gasteiger partial charge in [0.2, 0.25) is 5.89 Å². The van der Waals surface area contributed by atoms with Crippen molar-refractivity contribution in [3.05, 3.63) is 35.3 Å². The van der Waals surface area contributed by atoms with Crippen molar-refractivity contribution in [2.24, 2.45) is 0 Å². The number of nitrogens with zero attached hydrogens (tertiary/aromatic N) is 3. The van der Waals surface area contributed by atoms with Gasteiger partial charge in [-0.2, -0.15) is 4.98 Å². The number of hydrogen-bond donors (Lipinski definition) is 1. The van der Waals surface area contributed by atoms with Gasteiger partial charge in [-0.15, -0.1) is 10.2 Å². The molecule has 0 aliphatic rings. The van der Waals surface area contributed by atoms with E-state index < -0.39 is 5.82 Å². The Bertz CT molecular complexity index is 800. The molecule has 6 nitrogen and oxygen atoms in total. The predicted molar refractivity (Wildman–Crippen MR) is 80.4 cm³/mol. The molecule has 8 heteroatoms. The molecule has 0 unspecified atom stereocenters. The Morgan fingerprint density at radius 3 is 2.82 bits per heavy atom. The van der Waals surface area contributed by atoms with Crippen LogP contribution >= 0.6 is 11.3 Å². The van der Waals surface area contributed by atoms with E-state index in [0.29, 0.717) is 28.4 Å². The Morgan fingerprint density at radius 2 is 2.14 bits per heavy atom. The molecule has 0 atom stereocenters. The number of rotatable bonds is 4. The molecule has 0 spiro atoms. The van der Waals surface area contributed by atoms with E-state index in [2.05, 4.69) is 15.2 Å². The highest BCUT2D eigenvalue weighted by Crippen LogP contribution is 2.30. The normalized spacial score (nSPS) is 11.1. The third-order valence-corrected chi connectivity index (χ3v) is 3.53. The van der Waals surface area contributed by atoms with Gasteiger partial charge >= 0.3 is 0 Å². The van der Waals surface area contributed by atoms with E-state index in [0.717, 1.165) is 0 Å². The van der Waals surface area contributed by atoms with Gasteiger partial charge < -0.3 is 14.9 Å². The molecule has 2 heterocycles. The number of nitrogens with two attached hydrogens (primary N) is 1.